The second kappa shape index (κ2) is 10.7. The first kappa shape index (κ1) is 24.5. The lowest BCUT2D eigenvalue weighted by Crippen LogP contribution is -3.00. The van der Waals surface area contributed by atoms with Gasteiger partial charge in [-0.2, -0.15) is 0 Å². The van der Waals surface area contributed by atoms with Gasteiger partial charge in [-0.3, -0.25) is 0 Å². The Kier molecular flexibility index (Phi) is 7.96. The molecule has 0 aromatic heterocycles. The lowest BCUT2D eigenvalue weighted by molar-refractivity contribution is -0.977. The van der Waals surface area contributed by atoms with Crippen LogP contribution in [0.4, 0.5) is 0 Å². The molecule has 33 heavy (non-hydrogen) atoms. The maximum Gasteiger partial charge on any atom is 0.338 e. The number of rotatable bonds is 6. The van der Waals surface area contributed by atoms with Crippen LogP contribution in [-0.4, -0.2) is 35.2 Å². The van der Waals surface area contributed by atoms with Crippen LogP contribution in [0, 0.1) is 0 Å². The van der Waals surface area contributed by atoms with Crippen molar-refractivity contribution >= 4 is 5.97 Å². The van der Waals surface area contributed by atoms with Crippen molar-refractivity contribution in [1.82, 2.24) is 0 Å². The van der Waals surface area contributed by atoms with Gasteiger partial charge in [0.2, 0.25) is 0 Å². The Morgan fingerprint density at radius 1 is 0.879 bits per heavy atom. The van der Waals surface area contributed by atoms with Crippen LogP contribution in [0.3, 0.4) is 0 Å². The number of nitrogens with zero attached hydrogens (tertiary/aromatic N) is 1. The second-order valence-electron chi connectivity index (χ2n) is 10.4. The Bertz CT molecular complexity index is 893. The number of benzene rings is 2. The zero-order chi connectivity index (χ0) is 22.0. The molecular formula is C29H38BrNO2. The van der Waals surface area contributed by atoms with Gasteiger partial charge < -0.3 is 26.2 Å². The maximum absolute atomic E-state index is 12.6. The van der Waals surface area contributed by atoms with Crippen molar-refractivity contribution in [3.63, 3.8) is 0 Å². The maximum atomic E-state index is 12.6. The summed E-state index contributed by atoms with van der Waals surface area (Å²) in [6.07, 6.45) is 11.5. The summed E-state index contributed by atoms with van der Waals surface area (Å²) < 4.78 is 7.16. The van der Waals surface area contributed by atoms with Crippen LogP contribution < -0.4 is 17.0 Å². The first-order chi connectivity index (χ1) is 15.7. The standard InChI is InChI=1S/C29H38NO2.BrH/c1-2-30(21-22-13-15-24(16-14-22)23-9-5-3-6-10-23)26-17-18-27(30)20-28(19-26)32-29(31)25-11-7-4-8-12-25;/h4,7-8,11-16,23,26-28H,2-3,5-6,9-10,17-21H2,1H3;1H/q+1;/p-1. The predicted octanol–water partition coefficient (Wildman–Crippen LogP) is 3.63. The van der Waals surface area contributed by atoms with E-state index in [4.69, 9.17) is 4.74 Å². The van der Waals surface area contributed by atoms with Crippen LogP contribution in [-0.2, 0) is 11.3 Å². The van der Waals surface area contributed by atoms with E-state index in [2.05, 4.69) is 31.2 Å². The van der Waals surface area contributed by atoms with Gasteiger partial charge in [0.15, 0.2) is 0 Å². The minimum absolute atomic E-state index is 0. The molecule has 2 unspecified atom stereocenters. The van der Waals surface area contributed by atoms with E-state index in [9.17, 15) is 4.79 Å². The highest BCUT2D eigenvalue weighted by Gasteiger charge is 2.53. The minimum atomic E-state index is -0.162. The Hall–Kier alpha value is -1.65. The fourth-order valence-corrected chi connectivity index (χ4v) is 7.00. The van der Waals surface area contributed by atoms with E-state index in [1.807, 2.05) is 30.3 Å². The van der Waals surface area contributed by atoms with E-state index in [0.29, 0.717) is 17.6 Å². The molecule has 2 aromatic rings. The van der Waals surface area contributed by atoms with Crippen LogP contribution in [0.15, 0.2) is 54.6 Å². The molecule has 0 N–H and O–H groups in total. The summed E-state index contributed by atoms with van der Waals surface area (Å²) in [5.41, 5.74) is 3.69. The van der Waals surface area contributed by atoms with Gasteiger partial charge in [-0.25, -0.2) is 4.79 Å². The van der Waals surface area contributed by atoms with Gasteiger partial charge in [-0.1, -0.05) is 61.7 Å². The molecule has 5 rings (SSSR count). The zero-order valence-corrected chi connectivity index (χ0v) is 21.5. The van der Waals surface area contributed by atoms with E-state index in [-0.39, 0.29) is 29.1 Å². The molecule has 3 aliphatic rings. The molecule has 0 radical (unpaired) electrons. The molecule has 2 aliphatic heterocycles. The molecule has 0 spiro atoms. The molecule has 2 bridgehead atoms. The van der Waals surface area contributed by atoms with Crippen molar-refractivity contribution in [2.75, 3.05) is 6.54 Å². The van der Waals surface area contributed by atoms with Gasteiger partial charge in [0.05, 0.1) is 24.2 Å². The average Bonchev–Trinajstić information content (AvgIpc) is 3.02. The highest BCUT2D eigenvalue weighted by molar-refractivity contribution is 5.89. The van der Waals surface area contributed by atoms with Crippen LogP contribution in [0.25, 0.3) is 0 Å². The van der Waals surface area contributed by atoms with Gasteiger partial charge in [0, 0.05) is 31.2 Å². The molecular weight excluding hydrogens is 474 g/mol. The number of piperidine rings is 1. The number of carbonyl (C=O) groups is 1. The SMILES string of the molecule is CC[N+]1(Cc2ccc(C3CCCCC3)cc2)C2CCC1CC(OC(=O)c1ccccc1)C2.[Br-]. The van der Waals surface area contributed by atoms with Crippen molar-refractivity contribution in [2.24, 2.45) is 0 Å². The first-order valence-electron chi connectivity index (χ1n) is 12.9. The van der Waals surface area contributed by atoms with Crippen LogP contribution in [0.2, 0.25) is 0 Å². The van der Waals surface area contributed by atoms with Crippen LogP contribution >= 0.6 is 0 Å². The smallest absolute Gasteiger partial charge is 0.338 e. The van der Waals surface area contributed by atoms with Gasteiger partial charge in [0.1, 0.15) is 12.6 Å². The number of quaternary nitrogens is 1. The highest BCUT2D eigenvalue weighted by Crippen LogP contribution is 2.45. The molecule has 3 fully saturated rings. The molecule has 4 heteroatoms. The van der Waals surface area contributed by atoms with E-state index < -0.39 is 0 Å². The van der Waals surface area contributed by atoms with Crippen molar-refractivity contribution in [1.29, 1.82) is 0 Å². The third-order valence-corrected chi connectivity index (χ3v) is 8.76. The number of fused-ring (bicyclic) bond motifs is 2. The number of carbonyl (C=O) groups excluding carboxylic acids is 1. The Labute approximate surface area is 209 Å². The zero-order valence-electron chi connectivity index (χ0n) is 19.9. The highest BCUT2D eigenvalue weighted by atomic mass is 79.9. The average molecular weight is 513 g/mol. The normalized spacial score (nSPS) is 29.3. The predicted molar refractivity (Wildman–Crippen MR) is 128 cm³/mol. The van der Waals surface area contributed by atoms with Gasteiger partial charge in [-0.05, 0) is 43.4 Å². The number of hydrogen-bond donors (Lipinski definition) is 0. The van der Waals surface area contributed by atoms with Crippen molar-refractivity contribution in [3.05, 3.63) is 71.3 Å². The molecule has 178 valence electrons. The number of ether oxygens (including phenoxy) is 1. The summed E-state index contributed by atoms with van der Waals surface area (Å²) in [7, 11) is 0. The summed E-state index contributed by atoms with van der Waals surface area (Å²) in [5.74, 6) is 0.614. The third-order valence-electron chi connectivity index (χ3n) is 8.76. The number of hydrogen-bond acceptors (Lipinski definition) is 2. The molecule has 1 aliphatic carbocycles. The van der Waals surface area contributed by atoms with Crippen molar-refractivity contribution in [2.45, 2.75) is 95.4 Å². The second-order valence-corrected chi connectivity index (χ2v) is 10.4. The fourth-order valence-electron chi connectivity index (χ4n) is 7.00. The molecule has 1 saturated carbocycles. The minimum Gasteiger partial charge on any atom is -1.00 e. The Balaban J connectivity index is 0.00000259. The molecule has 0 amide bonds. The topological polar surface area (TPSA) is 26.3 Å². The summed E-state index contributed by atoms with van der Waals surface area (Å²) in [6, 6.07) is 20.3. The molecule has 2 aromatic carbocycles. The van der Waals surface area contributed by atoms with Crippen molar-refractivity contribution in [3.8, 4) is 0 Å². The van der Waals surface area contributed by atoms with Crippen molar-refractivity contribution < 1.29 is 31.0 Å². The van der Waals surface area contributed by atoms with E-state index in [1.165, 1.54) is 61.5 Å². The lowest BCUT2D eigenvalue weighted by atomic mass is 9.84. The van der Waals surface area contributed by atoms with E-state index in [1.54, 1.807) is 5.56 Å². The molecule has 2 saturated heterocycles. The molecule has 2 atom stereocenters. The van der Waals surface area contributed by atoms with Gasteiger partial charge >= 0.3 is 5.97 Å². The summed E-state index contributed by atoms with van der Waals surface area (Å²) in [5, 5.41) is 0. The third kappa shape index (κ3) is 5.07. The monoisotopic (exact) mass is 511 g/mol. The summed E-state index contributed by atoms with van der Waals surface area (Å²) in [4.78, 5) is 12.6. The quantitative estimate of drug-likeness (QED) is 0.437. The van der Waals surface area contributed by atoms with Crippen LogP contribution in [0.5, 0.6) is 0 Å². The number of esters is 1. The Morgan fingerprint density at radius 2 is 1.52 bits per heavy atom. The molecule has 2 heterocycles. The summed E-state index contributed by atoms with van der Waals surface area (Å²) in [6.45, 7) is 4.65. The van der Waals surface area contributed by atoms with E-state index in [0.717, 1.165) is 25.3 Å². The fraction of sp³-hybridized carbons (Fsp3) is 0.552. The van der Waals surface area contributed by atoms with Gasteiger partial charge in [0.25, 0.3) is 0 Å². The Morgan fingerprint density at radius 3 is 2.12 bits per heavy atom. The van der Waals surface area contributed by atoms with E-state index >= 15 is 0 Å². The van der Waals surface area contributed by atoms with Crippen LogP contribution in [0.1, 0.15) is 92.1 Å². The first-order valence-corrected chi connectivity index (χ1v) is 12.9. The largest absolute Gasteiger partial charge is 1.00 e. The number of halogens is 1. The summed E-state index contributed by atoms with van der Waals surface area (Å²) >= 11 is 0. The molecule has 3 nitrogen and oxygen atoms in total. The lowest BCUT2D eigenvalue weighted by Gasteiger charge is -2.49. The van der Waals surface area contributed by atoms with Gasteiger partial charge in [-0.15, -0.1) is 0 Å².